The molecule has 2 aromatic rings. The van der Waals surface area contributed by atoms with Gasteiger partial charge in [0.15, 0.2) is 0 Å². The number of nitrogens with zero attached hydrogens (tertiary/aromatic N) is 5. The number of likely N-dealkylation sites (N-methyl/N-ethyl adjacent to an activating group) is 1. The number of amides is 2. The maximum atomic E-state index is 12.9. The number of aromatic nitrogens is 2. The molecule has 0 radical (unpaired) electrons. The lowest BCUT2D eigenvalue weighted by molar-refractivity contribution is -0.140. The van der Waals surface area contributed by atoms with Crippen molar-refractivity contribution >= 4 is 17.8 Å². The summed E-state index contributed by atoms with van der Waals surface area (Å²) >= 11 is 0. The fourth-order valence-corrected chi connectivity index (χ4v) is 3.66. The molecule has 9 heteroatoms. The molecule has 1 aliphatic heterocycles. The zero-order chi connectivity index (χ0) is 23.3. The Morgan fingerprint density at radius 2 is 1.88 bits per heavy atom. The Hall–Kier alpha value is -3.04. The van der Waals surface area contributed by atoms with Gasteiger partial charge >= 0.3 is 0 Å². The van der Waals surface area contributed by atoms with Crippen LogP contribution in [0.15, 0.2) is 30.5 Å². The van der Waals surface area contributed by atoms with Crippen molar-refractivity contribution in [2.45, 2.75) is 20.0 Å². The van der Waals surface area contributed by atoms with Crippen LogP contribution in [0.3, 0.4) is 0 Å². The number of hydrogen-bond acceptors (Lipinski definition) is 7. The van der Waals surface area contributed by atoms with E-state index in [2.05, 4.69) is 23.7 Å². The number of hydrogen-bond donors (Lipinski definition) is 1. The van der Waals surface area contributed by atoms with Crippen molar-refractivity contribution in [3.8, 4) is 11.1 Å². The standard InChI is InChI=1S/C23H32N6O3/c1-5-28(6-2)15-20(30)29-11-12-32-19(14-29)21-18(13-25-23(26-21)27(3)4)16-7-9-17(10-8-16)22(24)31/h7-10,13,19H,5-6,11-12,14-15H2,1-4H3,(H2,24,31)/t19-/m0/s1. The average molecular weight is 441 g/mol. The van der Waals surface area contributed by atoms with E-state index < -0.39 is 5.91 Å². The fraction of sp³-hybridized carbons (Fsp3) is 0.478. The third kappa shape index (κ3) is 5.41. The average Bonchev–Trinajstić information content (AvgIpc) is 2.82. The van der Waals surface area contributed by atoms with E-state index in [0.717, 1.165) is 29.9 Å². The van der Waals surface area contributed by atoms with Crippen molar-refractivity contribution in [3.05, 3.63) is 41.7 Å². The van der Waals surface area contributed by atoms with E-state index in [9.17, 15) is 9.59 Å². The predicted octanol–water partition coefficient (Wildman–Crippen LogP) is 1.55. The van der Waals surface area contributed by atoms with E-state index in [1.54, 1.807) is 18.3 Å². The first-order valence-corrected chi connectivity index (χ1v) is 10.9. The van der Waals surface area contributed by atoms with Crippen LogP contribution in [0.4, 0.5) is 5.95 Å². The van der Waals surface area contributed by atoms with E-state index in [1.807, 2.05) is 36.0 Å². The molecule has 2 heterocycles. The van der Waals surface area contributed by atoms with Crippen LogP contribution in [0.5, 0.6) is 0 Å². The second kappa shape index (κ2) is 10.5. The summed E-state index contributed by atoms with van der Waals surface area (Å²) < 4.78 is 6.07. The van der Waals surface area contributed by atoms with Crippen molar-refractivity contribution < 1.29 is 14.3 Å². The highest BCUT2D eigenvalue weighted by atomic mass is 16.5. The monoisotopic (exact) mass is 440 g/mol. The molecule has 9 nitrogen and oxygen atoms in total. The van der Waals surface area contributed by atoms with Gasteiger partial charge in [-0.15, -0.1) is 0 Å². The van der Waals surface area contributed by atoms with Crippen LogP contribution in [0, 0.1) is 0 Å². The SMILES string of the molecule is CCN(CC)CC(=O)N1CCO[C@H](c2nc(N(C)C)ncc2-c2ccc(C(N)=O)cc2)C1. The maximum Gasteiger partial charge on any atom is 0.248 e. The van der Waals surface area contributed by atoms with Crippen LogP contribution in [-0.2, 0) is 9.53 Å². The van der Waals surface area contributed by atoms with Gasteiger partial charge < -0.3 is 20.3 Å². The Morgan fingerprint density at radius 1 is 1.19 bits per heavy atom. The smallest absolute Gasteiger partial charge is 0.248 e. The number of primary amides is 1. The van der Waals surface area contributed by atoms with E-state index in [0.29, 0.717) is 37.8 Å². The second-order valence-electron chi connectivity index (χ2n) is 7.97. The lowest BCUT2D eigenvalue weighted by Gasteiger charge is -2.34. The number of ether oxygens (including phenoxy) is 1. The van der Waals surface area contributed by atoms with Crippen LogP contribution in [0.25, 0.3) is 11.1 Å². The van der Waals surface area contributed by atoms with Crippen LogP contribution in [-0.4, -0.2) is 85.0 Å². The molecule has 1 aromatic carbocycles. The number of carbonyl (C=O) groups excluding carboxylic acids is 2. The lowest BCUT2D eigenvalue weighted by Crippen LogP contribution is -2.46. The molecule has 1 atom stereocenters. The van der Waals surface area contributed by atoms with Gasteiger partial charge in [0.25, 0.3) is 0 Å². The Kier molecular flexibility index (Phi) is 7.76. The molecule has 2 amide bonds. The molecule has 0 bridgehead atoms. The number of nitrogens with two attached hydrogens (primary N) is 1. The molecule has 172 valence electrons. The fourth-order valence-electron chi connectivity index (χ4n) is 3.66. The summed E-state index contributed by atoms with van der Waals surface area (Å²) in [5.41, 5.74) is 8.18. The topological polar surface area (TPSA) is 105 Å². The van der Waals surface area contributed by atoms with E-state index in [1.165, 1.54) is 0 Å². The van der Waals surface area contributed by atoms with Crippen molar-refractivity contribution in [3.63, 3.8) is 0 Å². The zero-order valence-corrected chi connectivity index (χ0v) is 19.2. The molecule has 1 aliphatic rings. The Balaban J connectivity index is 1.91. The van der Waals surface area contributed by atoms with Gasteiger partial charge in [0.1, 0.15) is 6.10 Å². The summed E-state index contributed by atoms with van der Waals surface area (Å²) in [5.74, 6) is 0.179. The highest BCUT2D eigenvalue weighted by Crippen LogP contribution is 2.31. The first-order chi connectivity index (χ1) is 15.3. The normalized spacial score (nSPS) is 16.3. The van der Waals surface area contributed by atoms with Crippen molar-refractivity contribution in [1.29, 1.82) is 0 Å². The van der Waals surface area contributed by atoms with Gasteiger partial charge in [0, 0.05) is 38.0 Å². The molecule has 0 unspecified atom stereocenters. The van der Waals surface area contributed by atoms with E-state index >= 15 is 0 Å². The van der Waals surface area contributed by atoms with Crippen LogP contribution in [0.1, 0.15) is 36.0 Å². The molecule has 1 aromatic heterocycles. The van der Waals surface area contributed by atoms with Crippen molar-refractivity contribution in [2.75, 3.05) is 58.3 Å². The van der Waals surface area contributed by atoms with Crippen molar-refractivity contribution in [2.24, 2.45) is 5.73 Å². The molecule has 1 fully saturated rings. The number of rotatable bonds is 8. The molecule has 3 rings (SSSR count). The molecule has 0 spiro atoms. The minimum Gasteiger partial charge on any atom is -0.368 e. The Labute approximate surface area is 189 Å². The molecule has 2 N–H and O–H groups in total. The number of benzene rings is 1. The highest BCUT2D eigenvalue weighted by Gasteiger charge is 2.29. The van der Waals surface area contributed by atoms with E-state index in [-0.39, 0.29) is 12.0 Å². The van der Waals surface area contributed by atoms with Gasteiger partial charge in [-0.1, -0.05) is 26.0 Å². The molecule has 0 aliphatic carbocycles. The van der Waals surface area contributed by atoms with Gasteiger partial charge in [-0.3, -0.25) is 14.5 Å². The summed E-state index contributed by atoms with van der Waals surface area (Å²) in [4.78, 5) is 39.3. The first kappa shape index (κ1) is 23.6. The van der Waals surface area contributed by atoms with Gasteiger partial charge in [0.05, 0.1) is 25.4 Å². The third-order valence-electron chi connectivity index (χ3n) is 5.66. The minimum absolute atomic E-state index is 0.0938. The quantitative estimate of drug-likeness (QED) is 0.664. The van der Waals surface area contributed by atoms with Gasteiger partial charge in [-0.2, -0.15) is 0 Å². The predicted molar refractivity (Wildman–Crippen MR) is 123 cm³/mol. The molecular weight excluding hydrogens is 408 g/mol. The van der Waals surface area contributed by atoms with Crippen LogP contribution < -0.4 is 10.6 Å². The molecule has 32 heavy (non-hydrogen) atoms. The summed E-state index contributed by atoms with van der Waals surface area (Å²) in [6.07, 6.45) is 1.38. The molecule has 0 saturated carbocycles. The summed E-state index contributed by atoms with van der Waals surface area (Å²) in [5, 5.41) is 0. The number of carbonyl (C=O) groups is 2. The van der Waals surface area contributed by atoms with Gasteiger partial charge in [-0.25, -0.2) is 9.97 Å². The summed E-state index contributed by atoms with van der Waals surface area (Å²) in [6, 6.07) is 7.01. The minimum atomic E-state index is -0.478. The number of anilines is 1. The lowest BCUT2D eigenvalue weighted by atomic mass is 10.00. The van der Waals surface area contributed by atoms with E-state index in [4.69, 9.17) is 15.5 Å². The highest BCUT2D eigenvalue weighted by molar-refractivity contribution is 5.93. The number of morpholine rings is 1. The largest absolute Gasteiger partial charge is 0.368 e. The molecular formula is C23H32N6O3. The van der Waals surface area contributed by atoms with Gasteiger partial charge in [-0.05, 0) is 30.8 Å². The maximum absolute atomic E-state index is 12.9. The third-order valence-corrected chi connectivity index (χ3v) is 5.66. The Morgan fingerprint density at radius 3 is 2.47 bits per heavy atom. The summed E-state index contributed by atoms with van der Waals surface area (Å²) in [7, 11) is 3.75. The summed E-state index contributed by atoms with van der Waals surface area (Å²) in [6.45, 7) is 7.60. The molecule has 1 saturated heterocycles. The zero-order valence-electron chi connectivity index (χ0n) is 19.2. The van der Waals surface area contributed by atoms with Crippen LogP contribution >= 0.6 is 0 Å². The van der Waals surface area contributed by atoms with Crippen LogP contribution in [0.2, 0.25) is 0 Å². The van der Waals surface area contributed by atoms with Crippen molar-refractivity contribution in [1.82, 2.24) is 19.8 Å². The first-order valence-electron chi connectivity index (χ1n) is 10.9. The Bertz CT molecular complexity index is 943. The van der Waals surface area contributed by atoms with Gasteiger partial charge in [0.2, 0.25) is 17.8 Å². The second-order valence-corrected chi connectivity index (χ2v) is 7.97.